The molecule has 82 heavy (non-hydrogen) atoms. The molecule has 0 aliphatic rings. The summed E-state index contributed by atoms with van der Waals surface area (Å²) in [6.45, 7) is 10.8. The summed E-state index contributed by atoms with van der Waals surface area (Å²) >= 11 is 18.1. The Morgan fingerprint density at radius 2 is 0.805 bits per heavy atom. The van der Waals surface area contributed by atoms with Gasteiger partial charge in [0.25, 0.3) is 0 Å². The van der Waals surface area contributed by atoms with Crippen molar-refractivity contribution >= 4 is 106 Å². The van der Waals surface area contributed by atoms with E-state index in [1.54, 1.807) is 64.1 Å². The van der Waals surface area contributed by atoms with Gasteiger partial charge in [-0.2, -0.15) is 54.8 Å². The van der Waals surface area contributed by atoms with Crippen molar-refractivity contribution in [2.75, 3.05) is 26.4 Å². The van der Waals surface area contributed by atoms with Crippen LogP contribution in [0.3, 0.4) is 0 Å². The minimum atomic E-state index is -4.60. The predicted molar refractivity (Wildman–Crippen MR) is 293 cm³/mol. The van der Waals surface area contributed by atoms with Gasteiger partial charge in [-0.3, -0.25) is 13.7 Å². The molecule has 5 aromatic carbocycles. The van der Waals surface area contributed by atoms with Gasteiger partial charge in [0.05, 0.1) is 115 Å². The molecule has 0 saturated carbocycles. The Hall–Kier alpha value is -5.65. The molecule has 438 valence electrons. The quantitative estimate of drug-likeness (QED) is 0.0772. The van der Waals surface area contributed by atoms with Gasteiger partial charge in [0.1, 0.15) is 5.69 Å². The van der Waals surface area contributed by atoms with Crippen molar-refractivity contribution in [3.8, 4) is 17.2 Å². The van der Waals surface area contributed by atoms with E-state index in [1.807, 2.05) is 0 Å². The highest BCUT2D eigenvalue weighted by Gasteiger charge is 2.35. The fourth-order valence-corrected chi connectivity index (χ4v) is 13.0. The van der Waals surface area contributed by atoms with E-state index >= 15 is 0 Å². The lowest BCUT2D eigenvalue weighted by molar-refractivity contribution is -0.138. The molecular weight excluding hydrogens is 1220 g/mol. The number of aromatic nitrogens is 7. The summed E-state index contributed by atoms with van der Waals surface area (Å²) in [5.74, 6) is 0.286. The van der Waals surface area contributed by atoms with Gasteiger partial charge in [-0.1, -0.05) is 34.8 Å². The third-order valence-electron chi connectivity index (χ3n) is 11.7. The Bertz CT molecular complexity index is 3920. The number of nitrogens with zero attached hydrogens (tertiary/aromatic N) is 7. The predicted octanol–water partition coefficient (Wildman–Crippen LogP) is 14.7. The van der Waals surface area contributed by atoms with Gasteiger partial charge < -0.3 is 27.9 Å². The van der Waals surface area contributed by atoms with E-state index in [0.29, 0.717) is 60.1 Å². The molecule has 0 unspecified atom stereocenters. The molecule has 9 rings (SSSR count). The topological polar surface area (TPSA) is 195 Å². The number of alkyl halides is 9. The maximum atomic E-state index is 13.0. The van der Waals surface area contributed by atoms with Crippen LogP contribution in [0.15, 0.2) is 110 Å². The standard InChI is InChI=1S/C19H19ClF3N2O3P.C18H19F3N3O3P.C14H8Cl2F3N2O3P/c1-4-27-29(26,28-5-2)15-6-7-17-13(9-15)11-24-25(17)18-12(3)8-14(10-16(18)20)19(21,22)23;1-4-26-28(25,27-5-2)15-6-7-16-13(9-15)10-23-24(16)17-12(3)8-14(11-22-17)18(19,20)21;15-10-4-8(14(17,18)19)5-11(16)13(10)21-12-2-1-9(25(22,23)24)3-7(12)6-20-21/h6-11H,4-5H2,1-3H3;6-11H,4-5H2,1-3H3;1-6H,(H2,22,23,24). The van der Waals surface area contributed by atoms with Gasteiger partial charge in [0.15, 0.2) is 5.82 Å². The summed E-state index contributed by atoms with van der Waals surface area (Å²) in [7, 11) is -11.4. The van der Waals surface area contributed by atoms with Crippen molar-refractivity contribution in [1.82, 2.24) is 34.3 Å². The van der Waals surface area contributed by atoms with E-state index in [9.17, 15) is 63.0 Å². The first-order valence-corrected chi connectivity index (χ1v) is 29.9. The molecular formula is C51H46Cl3F9N7O9P3. The van der Waals surface area contributed by atoms with Crippen LogP contribution in [0.1, 0.15) is 55.5 Å². The Labute approximate surface area is 475 Å². The molecule has 0 amide bonds. The monoisotopic (exact) mass is 1270 g/mol. The second-order valence-corrected chi connectivity index (χ2v) is 24.3. The molecule has 4 heterocycles. The highest BCUT2D eigenvalue weighted by atomic mass is 35.5. The van der Waals surface area contributed by atoms with Gasteiger partial charge in [0.2, 0.25) is 0 Å². The lowest BCUT2D eigenvalue weighted by Gasteiger charge is -2.17. The first-order chi connectivity index (χ1) is 38.3. The van der Waals surface area contributed by atoms with Gasteiger partial charge in [-0.25, -0.2) is 19.0 Å². The summed E-state index contributed by atoms with van der Waals surface area (Å²) in [4.78, 5) is 22.3. The van der Waals surface area contributed by atoms with Gasteiger partial charge in [-0.15, -0.1) is 0 Å². The maximum absolute atomic E-state index is 13.0. The molecule has 0 saturated heterocycles. The molecule has 0 bridgehead atoms. The zero-order chi connectivity index (χ0) is 60.5. The minimum absolute atomic E-state index is 0.0373. The van der Waals surface area contributed by atoms with Crippen molar-refractivity contribution in [1.29, 1.82) is 0 Å². The van der Waals surface area contributed by atoms with E-state index in [2.05, 4.69) is 20.3 Å². The summed E-state index contributed by atoms with van der Waals surface area (Å²) < 4.78 is 179. The number of rotatable bonds is 14. The van der Waals surface area contributed by atoms with E-state index < -0.39 is 58.0 Å². The van der Waals surface area contributed by atoms with Crippen LogP contribution in [-0.2, 0) is 50.3 Å². The van der Waals surface area contributed by atoms with Crippen molar-refractivity contribution in [3.05, 3.63) is 153 Å². The zero-order valence-electron chi connectivity index (χ0n) is 43.5. The van der Waals surface area contributed by atoms with E-state index in [-0.39, 0.29) is 58.3 Å². The van der Waals surface area contributed by atoms with Crippen LogP contribution in [0.4, 0.5) is 39.5 Å². The largest absolute Gasteiger partial charge is 0.417 e. The molecule has 2 N–H and O–H groups in total. The number of pyridine rings is 1. The summed E-state index contributed by atoms with van der Waals surface area (Å²) in [5, 5.41) is 14.1. The van der Waals surface area contributed by atoms with Crippen LogP contribution in [0.5, 0.6) is 0 Å². The Kier molecular flexibility index (Phi) is 19.4. The van der Waals surface area contributed by atoms with Crippen LogP contribution >= 0.6 is 57.6 Å². The van der Waals surface area contributed by atoms with E-state index in [0.717, 1.165) is 36.5 Å². The maximum Gasteiger partial charge on any atom is 0.417 e. The lowest BCUT2D eigenvalue weighted by atomic mass is 10.1. The molecule has 0 atom stereocenters. The molecule has 31 heteroatoms. The molecule has 4 aromatic heterocycles. The number of aryl methyl sites for hydroxylation is 2. The number of benzene rings is 5. The normalized spacial score (nSPS) is 12.7. The van der Waals surface area contributed by atoms with Crippen LogP contribution in [0.25, 0.3) is 49.9 Å². The highest BCUT2D eigenvalue weighted by Crippen LogP contribution is 2.49. The van der Waals surface area contributed by atoms with Crippen LogP contribution in [0.2, 0.25) is 15.1 Å². The Balaban J connectivity index is 0.000000178. The lowest BCUT2D eigenvalue weighted by Crippen LogP contribution is -2.11. The zero-order valence-corrected chi connectivity index (χ0v) is 48.4. The highest BCUT2D eigenvalue weighted by molar-refractivity contribution is 7.62. The van der Waals surface area contributed by atoms with Crippen LogP contribution < -0.4 is 15.9 Å². The second-order valence-electron chi connectivity index (χ2n) is 17.4. The Morgan fingerprint density at radius 1 is 0.463 bits per heavy atom. The average Bonchev–Trinajstić information content (AvgIpc) is 3.49. The second kappa shape index (κ2) is 24.9. The van der Waals surface area contributed by atoms with Crippen molar-refractivity contribution < 1.29 is 81.1 Å². The smallest absolute Gasteiger partial charge is 0.321 e. The third-order valence-corrected chi connectivity index (χ3v) is 17.8. The third kappa shape index (κ3) is 13.9. The molecule has 0 radical (unpaired) electrons. The Morgan fingerprint density at radius 3 is 1.18 bits per heavy atom. The number of hydrogen-bond donors (Lipinski definition) is 2. The van der Waals surface area contributed by atoms with Gasteiger partial charge in [-0.05, 0) is 138 Å². The number of hydrogen-bond acceptors (Lipinski definition) is 11. The molecule has 0 fully saturated rings. The van der Waals surface area contributed by atoms with E-state index in [1.165, 1.54) is 64.7 Å². The molecule has 9 aromatic rings. The SMILES string of the molecule is CCOP(=O)(OCC)c1ccc2c(cnn2-c2c(C)cc(C(F)(F)F)cc2Cl)c1.CCOP(=O)(OCC)c1ccc2c(cnn2-c2ncc(C(F)(F)F)cc2C)c1.O=P(O)(O)c1ccc2c(cnn2-c2c(Cl)cc(C(F)(F)F)cc2Cl)c1. The van der Waals surface area contributed by atoms with Crippen LogP contribution in [-0.4, -0.2) is 70.5 Å². The molecule has 0 spiro atoms. The van der Waals surface area contributed by atoms with Crippen molar-refractivity contribution in [2.45, 2.75) is 60.1 Å². The fourth-order valence-electron chi connectivity index (χ4n) is 8.20. The van der Waals surface area contributed by atoms with Gasteiger partial charge >= 0.3 is 41.3 Å². The summed E-state index contributed by atoms with van der Waals surface area (Å²) in [6.07, 6.45) is -8.42. The minimum Gasteiger partial charge on any atom is -0.321 e. The van der Waals surface area contributed by atoms with Crippen molar-refractivity contribution in [2.24, 2.45) is 0 Å². The van der Waals surface area contributed by atoms with Gasteiger partial charge in [0, 0.05) is 22.4 Å². The molecule has 0 aliphatic carbocycles. The fraction of sp³-hybridized carbons (Fsp3) is 0.255. The summed E-state index contributed by atoms with van der Waals surface area (Å²) in [6, 6.07) is 18.0. The van der Waals surface area contributed by atoms with Crippen LogP contribution in [0, 0.1) is 13.8 Å². The van der Waals surface area contributed by atoms with E-state index in [4.69, 9.17) is 52.9 Å². The van der Waals surface area contributed by atoms with Crippen molar-refractivity contribution in [3.63, 3.8) is 0 Å². The number of halogens is 12. The molecule has 16 nitrogen and oxygen atoms in total. The average molecular weight is 1270 g/mol. The first-order valence-electron chi connectivity index (χ1n) is 24.1. The first kappa shape index (κ1) is 63.9. The molecule has 0 aliphatic heterocycles. The summed E-state index contributed by atoms with van der Waals surface area (Å²) in [5.41, 5.74) is -0.00964. The number of fused-ring (bicyclic) bond motifs is 3.